The Kier molecular flexibility index (Phi) is 7.52. The minimum atomic E-state index is -4.65. The Morgan fingerprint density at radius 1 is 0.970 bits per heavy atom. The van der Waals surface area contributed by atoms with Gasteiger partial charge in [-0.05, 0) is 47.5 Å². The van der Waals surface area contributed by atoms with Gasteiger partial charge in [0.2, 0.25) is 0 Å². The number of methoxy groups -OCH3 is 1. The molecule has 0 aliphatic rings. The first-order chi connectivity index (χ1) is 15.6. The summed E-state index contributed by atoms with van der Waals surface area (Å²) in [5, 5.41) is 2.57. The molecular weight excluding hydrogens is 457 g/mol. The van der Waals surface area contributed by atoms with Crippen LogP contribution in [0.15, 0.2) is 77.7 Å². The van der Waals surface area contributed by atoms with Crippen molar-refractivity contribution in [1.29, 1.82) is 0 Å². The van der Waals surface area contributed by atoms with Crippen LogP contribution in [-0.4, -0.2) is 30.7 Å². The van der Waals surface area contributed by atoms with E-state index in [4.69, 9.17) is 4.74 Å². The predicted octanol–water partition coefficient (Wildman–Crippen LogP) is 4.30. The fourth-order valence-electron chi connectivity index (χ4n) is 3.00. The Morgan fingerprint density at radius 2 is 1.67 bits per heavy atom. The van der Waals surface area contributed by atoms with Crippen molar-refractivity contribution in [2.24, 2.45) is 0 Å². The first-order valence-electron chi connectivity index (χ1n) is 9.80. The maximum Gasteiger partial charge on any atom is 0.416 e. The second-order valence-corrected chi connectivity index (χ2v) is 8.76. The summed E-state index contributed by atoms with van der Waals surface area (Å²) in [6.45, 7) is -0.235. The van der Waals surface area contributed by atoms with Gasteiger partial charge in [0.15, 0.2) is 15.3 Å². The van der Waals surface area contributed by atoms with E-state index in [9.17, 15) is 26.7 Å². The number of alkyl halides is 3. The van der Waals surface area contributed by atoms with Gasteiger partial charge >= 0.3 is 6.18 Å². The van der Waals surface area contributed by atoms with Gasteiger partial charge in [-0.2, -0.15) is 13.2 Å². The number of hydrogen-bond acceptors (Lipinski definition) is 4. The highest BCUT2D eigenvalue weighted by molar-refractivity contribution is 7.95. The molecule has 1 atom stereocenters. The van der Waals surface area contributed by atoms with Crippen LogP contribution in [0.3, 0.4) is 0 Å². The zero-order valence-electron chi connectivity index (χ0n) is 17.5. The van der Waals surface area contributed by atoms with Crippen molar-refractivity contribution in [3.8, 4) is 16.9 Å². The lowest BCUT2D eigenvalue weighted by Crippen LogP contribution is -2.37. The van der Waals surface area contributed by atoms with Crippen molar-refractivity contribution in [3.05, 3.63) is 83.9 Å². The molecule has 2 N–H and O–H groups in total. The number of halogens is 3. The Labute approximate surface area is 190 Å². The van der Waals surface area contributed by atoms with Crippen LogP contribution in [0.1, 0.15) is 15.9 Å². The summed E-state index contributed by atoms with van der Waals surface area (Å²) in [5.74, 6) is 0.298. The number of benzene rings is 3. The zero-order chi connectivity index (χ0) is 24.1. The molecule has 0 radical (unpaired) electrons. The SMILES string of the molecule is COc1cccc(-c2ccc(C(=O)NCCN[S+](=O)([O-])c3cccc(C(F)(F)F)c3)cc2)c1. The van der Waals surface area contributed by atoms with E-state index in [1.165, 1.54) is 0 Å². The number of carbonyl (C=O) groups excluding carboxylic acids is 1. The Balaban J connectivity index is 1.54. The predicted molar refractivity (Wildman–Crippen MR) is 117 cm³/mol. The van der Waals surface area contributed by atoms with E-state index in [1.54, 1.807) is 31.4 Å². The van der Waals surface area contributed by atoms with Gasteiger partial charge in [0.1, 0.15) is 5.75 Å². The van der Waals surface area contributed by atoms with Gasteiger partial charge in [0.25, 0.3) is 5.91 Å². The normalized spacial score (nSPS) is 13.2. The summed E-state index contributed by atoms with van der Waals surface area (Å²) in [6.07, 6.45) is -4.65. The standard InChI is InChI=1S/C23H21F3N2O4S/c1-32-20-6-2-4-18(14-20)16-8-10-17(11-9-16)22(29)27-12-13-28-33(30,31)21-7-3-5-19(15-21)23(24,25)26/h2-11,14-15H,12-13H2,1H3,(H2-,27,28,29,30,31). The highest BCUT2D eigenvalue weighted by atomic mass is 32.3. The minimum absolute atomic E-state index is 0.0470. The maximum absolute atomic E-state index is 12.8. The third kappa shape index (κ3) is 6.41. The first kappa shape index (κ1) is 24.4. The molecule has 6 nitrogen and oxygen atoms in total. The van der Waals surface area contributed by atoms with Crippen LogP contribution in [0, 0.1) is 0 Å². The second kappa shape index (κ2) is 10.2. The summed E-state index contributed by atoms with van der Waals surface area (Å²) in [7, 11) is -2.58. The molecule has 0 aliphatic heterocycles. The van der Waals surface area contributed by atoms with Crippen LogP contribution >= 0.6 is 0 Å². The van der Waals surface area contributed by atoms with Crippen LogP contribution in [0.4, 0.5) is 13.2 Å². The molecule has 3 aromatic carbocycles. The molecule has 0 saturated heterocycles. The van der Waals surface area contributed by atoms with Crippen molar-refractivity contribution in [1.82, 2.24) is 10.0 Å². The summed E-state index contributed by atoms with van der Waals surface area (Å²) >= 11 is 0. The first-order valence-corrected chi connectivity index (χ1v) is 11.3. The number of nitrogens with one attached hydrogen (secondary N) is 2. The summed E-state index contributed by atoms with van der Waals surface area (Å²) < 4.78 is 70.3. The number of carbonyl (C=O) groups is 1. The molecule has 0 heterocycles. The Morgan fingerprint density at radius 3 is 2.33 bits per heavy atom. The maximum atomic E-state index is 12.8. The highest BCUT2D eigenvalue weighted by Crippen LogP contribution is 2.31. The van der Waals surface area contributed by atoms with E-state index in [1.807, 2.05) is 24.3 Å². The second-order valence-electron chi connectivity index (χ2n) is 6.99. The third-order valence-corrected chi connectivity index (χ3v) is 6.18. The zero-order valence-corrected chi connectivity index (χ0v) is 18.3. The molecule has 174 valence electrons. The molecular formula is C23H21F3N2O4S. The molecule has 10 heteroatoms. The number of amides is 1. The Hall–Kier alpha value is -3.21. The van der Waals surface area contributed by atoms with Gasteiger partial charge in [-0.1, -0.05) is 34.5 Å². The van der Waals surface area contributed by atoms with Gasteiger partial charge in [-0.25, -0.2) is 0 Å². The van der Waals surface area contributed by atoms with Crippen molar-refractivity contribution >= 4 is 16.3 Å². The number of hydrogen-bond donors (Lipinski definition) is 2. The average Bonchev–Trinajstić information content (AvgIpc) is 2.81. The van der Waals surface area contributed by atoms with Crippen LogP contribution < -0.4 is 14.8 Å². The molecule has 0 bridgehead atoms. The van der Waals surface area contributed by atoms with E-state index in [2.05, 4.69) is 10.0 Å². The molecule has 3 aromatic rings. The molecule has 1 amide bonds. The lowest BCUT2D eigenvalue weighted by molar-refractivity contribution is -0.137. The van der Waals surface area contributed by atoms with Gasteiger partial charge in [0.05, 0.1) is 19.2 Å². The largest absolute Gasteiger partial charge is 0.593 e. The fourth-order valence-corrected chi connectivity index (χ4v) is 4.08. The van der Waals surface area contributed by atoms with E-state index in [-0.39, 0.29) is 13.1 Å². The minimum Gasteiger partial charge on any atom is -0.593 e. The quantitative estimate of drug-likeness (QED) is 0.373. The smallest absolute Gasteiger partial charge is 0.416 e. The average molecular weight is 478 g/mol. The Bertz CT molecular complexity index is 1170. The number of sulfonamides is 1. The van der Waals surface area contributed by atoms with Gasteiger partial charge in [-0.15, -0.1) is 4.72 Å². The molecule has 0 aliphatic carbocycles. The van der Waals surface area contributed by atoms with Gasteiger partial charge in [0, 0.05) is 18.2 Å². The summed E-state index contributed by atoms with van der Waals surface area (Å²) in [4.78, 5) is 11.8. The van der Waals surface area contributed by atoms with Crippen molar-refractivity contribution in [3.63, 3.8) is 0 Å². The number of ether oxygens (including phenoxy) is 1. The van der Waals surface area contributed by atoms with Gasteiger partial charge < -0.3 is 14.6 Å². The third-order valence-electron chi connectivity index (χ3n) is 4.72. The topological polar surface area (TPSA) is 90.5 Å². The molecule has 0 fully saturated rings. The molecule has 33 heavy (non-hydrogen) atoms. The van der Waals surface area contributed by atoms with E-state index in [0.717, 1.165) is 29.3 Å². The molecule has 0 saturated carbocycles. The van der Waals surface area contributed by atoms with Crippen molar-refractivity contribution in [2.45, 2.75) is 11.1 Å². The highest BCUT2D eigenvalue weighted by Gasteiger charge is 2.32. The molecule has 0 aromatic heterocycles. The number of rotatable bonds is 8. The lowest BCUT2D eigenvalue weighted by atomic mass is 10.0. The molecule has 0 spiro atoms. The lowest BCUT2D eigenvalue weighted by Gasteiger charge is -2.16. The van der Waals surface area contributed by atoms with E-state index in [0.29, 0.717) is 17.4 Å². The molecule has 3 rings (SSSR count). The van der Waals surface area contributed by atoms with E-state index >= 15 is 0 Å². The van der Waals surface area contributed by atoms with Crippen molar-refractivity contribution in [2.75, 3.05) is 20.2 Å². The van der Waals surface area contributed by atoms with E-state index < -0.39 is 32.9 Å². The van der Waals surface area contributed by atoms with Crippen LogP contribution in [0.25, 0.3) is 11.1 Å². The van der Waals surface area contributed by atoms with Crippen LogP contribution in [0.5, 0.6) is 5.75 Å². The van der Waals surface area contributed by atoms with Crippen molar-refractivity contribution < 1.29 is 31.5 Å². The van der Waals surface area contributed by atoms with Crippen LogP contribution in [0.2, 0.25) is 0 Å². The summed E-state index contributed by atoms with van der Waals surface area (Å²) in [5.41, 5.74) is 1.13. The van der Waals surface area contributed by atoms with Gasteiger partial charge in [-0.3, -0.25) is 4.79 Å². The molecule has 1 unspecified atom stereocenters. The van der Waals surface area contributed by atoms with Crippen LogP contribution in [-0.2, 0) is 20.8 Å². The fraction of sp³-hybridized carbons (Fsp3) is 0.174. The monoisotopic (exact) mass is 478 g/mol. The summed E-state index contributed by atoms with van der Waals surface area (Å²) in [6, 6.07) is 17.7.